The van der Waals surface area contributed by atoms with E-state index in [2.05, 4.69) is 15.3 Å². The highest BCUT2D eigenvalue weighted by Crippen LogP contribution is 2.46. The zero-order valence-corrected chi connectivity index (χ0v) is 26.8. The number of aliphatic hydroxyl groups is 1. The van der Waals surface area contributed by atoms with Crippen LogP contribution in [-0.2, 0) is 16.1 Å². The largest absolute Gasteiger partial charge is 0.494 e. The summed E-state index contributed by atoms with van der Waals surface area (Å²) in [6.45, 7) is 0.595. The van der Waals surface area contributed by atoms with Gasteiger partial charge in [0.15, 0.2) is 23.1 Å². The predicted molar refractivity (Wildman–Crippen MR) is 183 cm³/mol. The Kier molecular flexibility index (Phi) is 11.3. The third kappa shape index (κ3) is 7.78. The van der Waals surface area contributed by atoms with Crippen molar-refractivity contribution in [1.82, 2.24) is 5.32 Å². The van der Waals surface area contributed by atoms with E-state index in [-0.39, 0.29) is 31.4 Å². The van der Waals surface area contributed by atoms with Crippen molar-refractivity contribution in [2.45, 2.75) is 31.0 Å². The minimum Gasteiger partial charge on any atom is -0.494 e. The van der Waals surface area contributed by atoms with E-state index < -0.39 is 11.6 Å². The zero-order valence-electron chi connectivity index (χ0n) is 26.8. The van der Waals surface area contributed by atoms with Crippen LogP contribution in [0.4, 0.5) is 5.69 Å². The fourth-order valence-electron chi connectivity index (χ4n) is 5.41. The second-order valence-corrected chi connectivity index (χ2v) is 10.9. The van der Waals surface area contributed by atoms with Crippen molar-refractivity contribution in [3.63, 3.8) is 0 Å². The molecule has 11 heteroatoms. The van der Waals surface area contributed by atoms with Gasteiger partial charge in [0, 0.05) is 47.7 Å². The Morgan fingerprint density at radius 3 is 2.50 bits per heavy atom. The molecule has 1 heterocycles. The first-order chi connectivity index (χ1) is 23.5. The van der Waals surface area contributed by atoms with Crippen LogP contribution in [-0.4, -0.2) is 49.9 Å². The van der Waals surface area contributed by atoms with Gasteiger partial charge in [-0.25, -0.2) is 4.99 Å². The molecule has 246 valence electrons. The van der Waals surface area contributed by atoms with Crippen LogP contribution in [0.1, 0.15) is 41.2 Å². The van der Waals surface area contributed by atoms with Gasteiger partial charge in [-0.3, -0.25) is 4.79 Å². The minimum atomic E-state index is -1.49. The molecule has 1 amide bonds. The number of carbonyl (C=O) groups excluding carboxylic acids is 1. The Labute approximate surface area is 279 Å². The monoisotopic (exact) mass is 647 g/mol. The molecule has 0 bridgehead atoms. The summed E-state index contributed by atoms with van der Waals surface area (Å²) < 4.78 is 23.1. The lowest BCUT2D eigenvalue weighted by Crippen LogP contribution is -2.47. The number of aliphatic hydroxyl groups excluding tert-OH is 1. The van der Waals surface area contributed by atoms with Crippen LogP contribution >= 0.6 is 0 Å². The maximum Gasteiger partial charge on any atom is 0.252 e. The van der Waals surface area contributed by atoms with Crippen LogP contribution in [0.3, 0.4) is 0 Å². The summed E-state index contributed by atoms with van der Waals surface area (Å²) >= 11 is 0. The average molecular weight is 648 g/mol. The van der Waals surface area contributed by atoms with Crippen molar-refractivity contribution < 1.29 is 28.8 Å². The van der Waals surface area contributed by atoms with E-state index in [9.17, 15) is 10.3 Å². The fraction of sp³-hybridized carbons (Fsp3) is 0.243. The highest BCUT2D eigenvalue weighted by atomic mass is 16.5. The van der Waals surface area contributed by atoms with E-state index in [1.54, 1.807) is 74.9 Å². The number of hydrogen-bond acceptors (Lipinski definition) is 8. The summed E-state index contributed by atoms with van der Waals surface area (Å²) in [5.41, 5.74) is 11.1. The molecule has 4 aromatic rings. The van der Waals surface area contributed by atoms with E-state index in [4.69, 9.17) is 29.0 Å². The molecule has 1 aliphatic rings. The van der Waals surface area contributed by atoms with Gasteiger partial charge < -0.3 is 29.4 Å². The van der Waals surface area contributed by atoms with Crippen molar-refractivity contribution in [2.75, 3.05) is 27.4 Å². The molecule has 0 fully saturated rings. The molecule has 11 nitrogen and oxygen atoms in total. The Balaban J connectivity index is 1.57. The topological polar surface area (TPSA) is 147 Å². The first-order valence-corrected chi connectivity index (χ1v) is 15.5. The number of amides is 1. The van der Waals surface area contributed by atoms with E-state index in [0.29, 0.717) is 47.1 Å². The molecule has 2 atom stereocenters. The third-order valence-electron chi connectivity index (χ3n) is 7.84. The first-order valence-electron chi connectivity index (χ1n) is 15.5. The highest BCUT2D eigenvalue weighted by molar-refractivity contribution is 6.01. The second kappa shape index (κ2) is 16.2. The Morgan fingerprint density at radius 2 is 1.77 bits per heavy atom. The molecule has 0 unspecified atom stereocenters. The smallest absolute Gasteiger partial charge is 0.252 e. The van der Waals surface area contributed by atoms with Crippen LogP contribution < -0.4 is 19.5 Å². The number of methoxy groups -OCH3 is 2. The molecule has 48 heavy (non-hydrogen) atoms. The standard InChI is InChI=1S/C37H37N5O6/c1-45-32-20-15-27(24-33(32)46-2)25-39-36(44)37(21-8-12-26-10-4-3-5-11-26)34(30-13-6-7-14-31(30)41-42-38)48-35(40-37)28-16-18-29(19-17-28)47-23-9-22-43/h3-8,10-20,24,34,43H,9,21-23,25H2,1-2H3,(H,39,44)/b12-8+/t34-,37-/m1/s1. The first kappa shape index (κ1) is 33.6. The lowest BCUT2D eigenvalue weighted by Gasteiger charge is -2.30. The normalized spacial score (nSPS) is 16.8. The van der Waals surface area contributed by atoms with Gasteiger partial charge in [0.1, 0.15) is 5.75 Å². The lowest BCUT2D eigenvalue weighted by atomic mass is 9.83. The summed E-state index contributed by atoms with van der Waals surface area (Å²) in [7, 11) is 3.12. The van der Waals surface area contributed by atoms with Crippen molar-refractivity contribution in [3.8, 4) is 17.2 Å². The SMILES string of the molecule is COc1ccc(CNC(=O)[C@]2(C/C=C/c3ccccc3)N=C(c3ccc(OCCCO)cc3)O[C@@H]2c2ccccc2N=[N+]=[N-])cc1OC. The number of nitrogens with zero attached hydrogens (tertiary/aromatic N) is 4. The molecule has 0 aromatic heterocycles. The van der Waals surface area contributed by atoms with Crippen molar-refractivity contribution in [2.24, 2.45) is 10.1 Å². The maximum absolute atomic E-state index is 14.6. The summed E-state index contributed by atoms with van der Waals surface area (Å²) in [6.07, 6.45) is 3.58. The average Bonchev–Trinajstić information content (AvgIpc) is 3.52. The Morgan fingerprint density at radius 1 is 1.02 bits per heavy atom. The van der Waals surface area contributed by atoms with Crippen molar-refractivity contribution >= 4 is 23.6 Å². The van der Waals surface area contributed by atoms with Gasteiger partial charge in [0.2, 0.25) is 5.90 Å². The molecular weight excluding hydrogens is 610 g/mol. The van der Waals surface area contributed by atoms with E-state index in [0.717, 1.165) is 11.1 Å². The van der Waals surface area contributed by atoms with Crippen molar-refractivity contribution in [1.29, 1.82) is 0 Å². The van der Waals surface area contributed by atoms with E-state index in [1.807, 2.05) is 48.6 Å². The minimum absolute atomic E-state index is 0.0380. The number of rotatable bonds is 15. The van der Waals surface area contributed by atoms with Gasteiger partial charge in [-0.05, 0) is 53.1 Å². The molecule has 0 saturated heterocycles. The predicted octanol–water partition coefficient (Wildman–Crippen LogP) is 7.08. The molecule has 5 rings (SSSR count). The van der Waals surface area contributed by atoms with E-state index in [1.165, 1.54) is 0 Å². The molecule has 4 aromatic carbocycles. The molecule has 1 aliphatic heterocycles. The van der Waals surface area contributed by atoms with Crippen LogP contribution in [0.2, 0.25) is 0 Å². The number of aliphatic imine (C=N–C) groups is 1. The quantitative estimate of drug-likeness (QED) is 0.0610. The molecule has 2 N–H and O–H groups in total. The van der Waals surface area contributed by atoms with Gasteiger partial charge in [0.25, 0.3) is 5.91 Å². The van der Waals surface area contributed by atoms with Crippen LogP contribution in [0.25, 0.3) is 16.5 Å². The molecule has 0 saturated carbocycles. The fourth-order valence-corrected chi connectivity index (χ4v) is 5.41. The zero-order chi connectivity index (χ0) is 33.8. The van der Waals surface area contributed by atoms with Gasteiger partial charge in [-0.15, -0.1) is 0 Å². The summed E-state index contributed by atoms with van der Waals surface area (Å²) in [5, 5.41) is 16.1. The van der Waals surface area contributed by atoms with Crippen LogP contribution in [0.5, 0.6) is 17.2 Å². The molecule has 0 aliphatic carbocycles. The highest BCUT2D eigenvalue weighted by Gasteiger charge is 2.53. The summed E-state index contributed by atoms with van der Waals surface area (Å²) in [6, 6.07) is 29.4. The van der Waals surface area contributed by atoms with Crippen molar-refractivity contribution in [3.05, 3.63) is 136 Å². The van der Waals surface area contributed by atoms with Gasteiger partial charge in [-0.2, -0.15) is 0 Å². The maximum atomic E-state index is 14.6. The lowest BCUT2D eigenvalue weighted by molar-refractivity contribution is -0.129. The molecular formula is C37H37N5O6. The van der Waals surface area contributed by atoms with Gasteiger partial charge in [0.05, 0.1) is 20.8 Å². The van der Waals surface area contributed by atoms with Crippen LogP contribution in [0.15, 0.2) is 113 Å². The number of benzene rings is 4. The van der Waals surface area contributed by atoms with Gasteiger partial charge in [-0.1, -0.05) is 77.9 Å². The Hall–Kier alpha value is -5.77. The number of azide groups is 1. The second-order valence-electron chi connectivity index (χ2n) is 10.9. The number of hydrogen-bond donors (Lipinski definition) is 2. The summed E-state index contributed by atoms with van der Waals surface area (Å²) in [5.74, 6) is 1.62. The number of ether oxygens (including phenoxy) is 4. The van der Waals surface area contributed by atoms with Gasteiger partial charge >= 0.3 is 0 Å². The molecule has 0 radical (unpaired) electrons. The van der Waals surface area contributed by atoms with E-state index >= 15 is 0 Å². The molecule has 0 spiro atoms. The van der Waals surface area contributed by atoms with Crippen LogP contribution in [0, 0.1) is 0 Å². The third-order valence-corrected chi connectivity index (χ3v) is 7.84. The number of nitrogens with one attached hydrogen (secondary N) is 1. The number of carbonyl (C=O) groups is 1. The summed E-state index contributed by atoms with van der Waals surface area (Å²) in [4.78, 5) is 22.6. The Bertz CT molecular complexity index is 1800.